The highest BCUT2D eigenvalue weighted by Crippen LogP contribution is 2.25. The number of pyridine rings is 1. The molecule has 1 amide bonds. The van der Waals surface area contributed by atoms with E-state index in [4.69, 9.17) is 5.73 Å². The number of para-hydroxylation sites is 1. The molecule has 2 aromatic rings. The number of carbonyl (C=O) groups excluding carboxylic acids is 1. The van der Waals surface area contributed by atoms with E-state index in [9.17, 15) is 4.79 Å². The van der Waals surface area contributed by atoms with Gasteiger partial charge in [0.05, 0.1) is 17.6 Å². The maximum Gasteiger partial charge on any atom is 0.237 e. The summed E-state index contributed by atoms with van der Waals surface area (Å²) in [6, 6.07) is 9.74. The minimum absolute atomic E-state index is 0.0769. The predicted octanol–water partition coefficient (Wildman–Crippen LogP) is 3.12. The average Bonchev–Trinajstić information content (AvgIpc) is 2.49. The molecule has 1 heterocycles. The number of carbonyl (C=O) groups is 1. The lowest BCUT2D eigenvalue weighted by molar-refractivity contribution is -0.116. The summed E-state index contributed by atoms with van der Waals surface area (Å²) in [5.74, 6) is 0.434. The number of benzene rings is 1. The van der Waals surface area contributed by atoms with Gasteiger partial charge in [-0.1, -0.05) is 18.2 Å². The van der Waals surface area contributed by atoms with Crippen LogP contribution in [0.5, 0.6) is 0 Å². The Kier molecular flexibility index (Phi) is 5.22. The number of hydrogen-bond donors (Lipinski definition) is 1. The van der Waals surface area contributed by atoms with Crippen molar-refractivity contribution in [3.05, 3.63) is 48.3 Å². The van der Waals surface area contributed by atoms with E-state index < -0.39 is 0 Å². The molecular formula is C16H19N3OS. The largest absolute Gasteiger partial charge is 0.397 e. The van der Waals surface area contributed by atoms with E-state index >= 15 is 0 Å². The third-order valence-corrected chi connectivity index (χ3v) is 4.26. The molecule has 0 saturated carbocycles. The predicted molar refractivity (Wildman–Crippen MR) is 88.6 cm³/mol. The second kappa shape index (κ2) is 7.13. The first-order chi connectivity index (χ1) is 10.1. The van der Waals surface area contributed by atoms with Gasteiger partial charge in [-0.15, -0.1) is 11.8 Å². The lowest BCUT2D eigenvalue weighted by Gasteiger charge is -2.22. The zero-order valence-electron chi connectivity index (χ0n) is 12.2. The number of aryl methyl sites for hydroxylation is 1. The molecule has 110 valence electrons. The molecule has 0 spiro atoms. The number of nitrogens with zero attached hydrogens (tertiary/aromatic N) is 2. The number of amides is 1. The smallest absolute Gasteiger partial charge is 0.237 e. The van der Waals surface area contributed by atoms with E-state index in [-0.39, 0.29) is 5.91 Å². The lowest BCUT2D eigenvalue weighted by atomic mass is 10.2. The maximum atomic E-state index is 12.5. The fourth-order valence-electron chi connectivity index (χ4n) is 2.09. The van der Waals surface area contributed by atoms with Crippen molar-refractivity contribution in [3.63, 3.8) is 0 Å². The van der Waals surface area contributed by atoms with Gasteiger partial charge in [0.1, 0.15) is 0 Å². The number of anilines is 2. The third-order valence-electron chi connectivity index (χ3n) is 3.18. The van der Waals surface area contributed by atoms with Gasteiger partial charge in [-0.05, 0) is 31.5 Å². The highest BCUT2D eigenvalue weighted by Gasteiger charge is 2.16. The van der Waals surface area contributed by atoms with Gasteiger partial charge in [-0.25, -0.2) is 0 Å². The fourth-order valence-corrected chi connectivity index (χ4v) is 2.90. The van der Waals surface area contributed by atoms with E-state index in [2.05, 4.69) is 4.98 Å². The second-order valence-electron chi connectivity index (χ2n) is 4.63. The molecule has 2 N–H and O–H groups in total. The number of thioether (sulfide) groups is 1. The van der Waals surface area contributed by atoms with E-state index in [0.29, 0.717) is 18.0 Å². The van der Waals surface area contributed by atoms with Crippen LogP contribution in [0.4, 0.5) is 11.4 Å². The number of hydrogen-bond acceptors (Lipinski definition) is 4. The monoisotopic (exact) mass is 301 g/mol. The van der Waals surface area contributed by atoms with Gasteiger partial charge in [-0.2, -0.15) is 0 Å². The Balaban J connectivity index is 2.08. The fraction of sp³-hybridized carbons (Fsp3) is 0.250. The number of nitrogen functional groups attached to an aromatic ring is 1. The van der Waals surface area contributed by atoms with Crippen molar-refractivity contribution in [2.45, 2.75) is 18.7 Å². The normalized spacial score (nSPS) is 10.4. The van der Waals surface area contributed by atoms with E-state index in [0.717, 1.165) is 16.1 Å². The molecule has 1 aromatic heterocycles. The zero-order chi connectivity index (χ0) is 15.2. The van der Waals surface area contributed by atoms with Crippen molar-refractivity contribution in [2.24, 2.45) is 0 Å². The molecule has 0 unspecified atom stereocenters. The summed E-state index contributed by atoms with van der Waals surface area (Å²) in [6.07, 6.45) is 3.29. The van der Waals surface area contributed by atoms with Gasteiger partial charge >= 0.3 is 0 Å². The van der Waals surface area contributed by atoms with Crippen molar-refractivity contribution in [1.82, 2.24) is 4.98 Å². The van der Waals surface area contributed by atoms with Gasteiger partial charge in [0.15, 0.2) is 0 Å². The molecule has 1 aromatic carbocycles. The molecule has 21 heavy (non-hydrogen) atoms. The molecule has 0 bridgehead atoms. The molecule has 0 fully saturated rings. The minimum Gasteiger partial charge on any atom is -0.397 e. The Morgan fingerprint density at radius 2 is 2.10 bits per heavy atom. The van der Waals surface area contributed by atoms with Crippen LogP contribution in [-0.2, 0) is 4.79 Å². The molecule has 5 heteroatoms. The summed E-state index contributed by atoms with van der Waals surface area (Å²) in [4.78, 5) is 19.1. The van der Waals surface area contributed by atoms with Crippen LogP contribution in [-0.4, -0.2) is 23.2 Å². The topological polar surface area (TPSA) is 59.2 Å². The summed E-state index contributed by atoms with van der Waals surface area (Å²) in [7, 11) is 0. The Morgan fingerprint density at radius 3 is 2.76 bits per heavy atom. The first-order valence-electron chi connectivity index (χ1n) is 6.81. The second-order valence-corrected chi connectivity index (χ2v) is 5.64. The van der Waals surface area contributed by atoms with E-state index in [1.54, 1.807) is 17.3 Å². The van der Waals surface area contributed by atoms with Crippen molar-refractivity contribution in [3.8, 4) is 0 Å². The number of aromatic nitrogens is 1. The molecule has 0 aliphatic carbocycles. The molecule has 0 saturated heterocycles. The SMILES string of the molecule is CCN(C(=O)CSc1ccncc1N)c1ccccc1C. The molecule has 0 atom stereocenters. The first-order valence-corrected chi connectivity index (χ1v) is 7.80. The Labute approximate surface area is 129 Å². The molecule has 0 aliphatic rings. The van der Waals surface area contributed by atoms with Gasteiger partial charge in [0.25, 0.3) is 0 Å². The standard InChI is InChI=1S/C16H19N3OS/c1-3-19(14-7-5-4-6-12(14)2)16(20)11-21-15-8-9-18-10-13(15)17/h4-10H,3,11,17H2,1-2H3. The van der Waals surface area contributed by atoms with Gasteiger partial charge in [-0.3, -0.25) is 9.78 Å². The Morgan fingerprint density at radius 1 is 1.33 bits per heavy atom. The molecule has 0 radical (unpaired) electrons. The highest BCUT2D eigenvalue weighted by atomic mass is 32.2. The molecule has 0 aliphatic heterocycles. The third kappa shape index (κ3) is 3.76. The zero-order valence-corrected chi connectivity index (χ0v) is 13.1. The summed E-state index contributed by atoms with van der Waals surface area (Å²) in [5.41, 5.74) is 8.51. The minimum atomic E-state index is 0.0769. The van der Waals surface area contributed by atoms with Crippen LogP contribution < -0.4 is 10.6 Å². The van der Waals surface area contributed by atoms with Crippen LogP contribution in [0, 0.1) is 6.92 Å². The Hall–Kier alpha value is -2.01. The number of nitrogens with two attached hydrogens (primary N) is 1. The Bertz CT molecular complexity index is 630. The van der Waals surface area contributed by atoms with Crippen molar-refractivity contribution >= 4 is 29.0 Å². The molecule has 2 rings (SSSR count). The average molecular weight is 301 g/mol. The van der Waals surface area contributed by atoms with Crippen LogP contribution >= 0.6 is 11.8 Å². The van der Waals surface area contributed by atoms with Crippen LogP contribution in [0.1, 0.15) is 12.5 Å². The quantitative estimate of drug-likeness (QED) is 0.862. The number of rotatable bonds is 5. The summed E-state index contributed by atoms with van der Waals surface area (Å²) >= 11 is 1.44. The van der Waals surface area contributed by atoms with Gasteiger partial charge in [0, 0.05) is 23.3 Å². The maximum absolute atomic E-state index is 12.5. The van der Waals surface area contributed by atoms with Gasteiger partial charge < -0.3 is 10.6 Å². The van der Waals surface area contributed by atoms with Crippen molar-refractivity contribution < 1.29 is 4.79 Å². The summed E-state index contributed by atoms with van der Waals surface area (Å²) in [5, 5.41) is 0. The van der Waals surface area contributed by atoms with E-state index in [1.807, 2.05) is 44.2 Å². The van der Waals surface area contributed by atoms with Crippen LogP contribution in [0.25, 0.3) is 0 Å². The summed E-state index contributed by atoms with van der Waals surface area (Å²) < 4.78 is 0. The molecular weight excluding hydrogens is 282 g/mol. The van der Waals surface area contributed by atoms with Crippen LogP contribution in [0.15, 0.2) is 47.6 Å². The van der Waals surface area contributed by atoms with Crippen molar-refractivity contribution in [2.75, 3.05) is 22.9 Å². The first kappa shape index (κ1) is 15.4. The van der Waals surface area contributed by atoms with E-state index in [1.165, 1.54) is 11.8 Å². The van der Waals surface area contributed by atoms with Crippen LogP contribution in [0.3, 0.4) is 0 Å². The van der Waals surface area contributed by atoms with Gasteiger partial charge in [0.2, 0.25) is 5.91 Å². The highest BCUT2D eigenvalue weighted by molar-refractivity contribution is 8.00. The summed E-state index contributed by atoms with van der Waals surface area (Å²) in [6.45, 7) is 4.64. The van der Waals surface area contributed by atoms with Crippen molar-refractivity contribution in [1.29, 1.82) is 0 Å². The van der Waals surface area contributed by atoms with Crippen LogP contribution in [0.2, 0.25) is 0 Å². The molecule has 4 nitrogen and oxygen atoms in total. The lowest BCUT2D eigenvalue weighted by Crippen LogP contribution is -2.32.